The van der Waals surface area contributed by atoms with Crippen LogP contribution in [-0.4, -0.2) is 20.4 Å². The van der Waals surface area contributed by atoms with Crippen LogP contribution in [0.15, 0.2) is 95.2 Å². The van der Waals surface area contributed by atoms with Gasteiger partial charge < -0.3 is 0 Å². The molecule has 6 heteroatoms. The van der Waals surface area contributed by atoms with Gasteiger partial charge in [-0.25, -0.2) is 4.98 Å². The number of hydrogen-bond acceptors (Lipinski definition) is 5. The lowest BCUT2D eigenvalue weighted by atomic mass is 10.3. The first-order valence-corrected chi connectivity index (χ1v) is 9.64. The number of hydrazone groups is 1. The van der Waals surface area contributed by atoms with Crippen molar-refractivity contribution in [3.05, 3.63) is 84.9 Å². The number of nitrogens with zero attached hydrogens (tertiary/aromatic N) is 3. The van der Waals surface area contributed by atoms with Crippen molar-refractivity contribution in [1.29, 1.82) is 0 Å². The molecular formula is C22H18N4OS. The van der Waals surface area contributed by atoms with Gasteiger partial charge in [0, 0.05) is 12.6 Å². The zero-order valence-electron chi connectivity index (χ0n) is 15.2. The van der Waals surface area contributed by atoms with E-state index < -0.39 is 0 Å². The molecule has 28 heavy (non-hydrogen) atoms. The van der Waals surface area contributed by atoms with Gasteiger partial charge in [-0.3, -0.25) is 14.8 Å². The number of aromatic nitrogens is 2. The molecule has 4 aromatic rings. The predicted molar refractivity (Wildman–Crippen MR) is 115 cm³/mol. The fourth-order valence-corrected chi connectivity index (χ4v) is 3.63. The number of thioether (sulfide) groups is 1. The maximum atomic E-state index is 12.2. The first-order chi connectivity index (χ1) is 13.7. The lowest BCUT2D eigenvalue weighted by Crippen LogP contribution is -2.10. The number of hydrogen-bond donors (Lipinski definition) is 1. The lowest BCUT2D eigenvalue weighted by Gasteiger charge is -2.09. The van der Waals surface area contributed by atoms with Gasteiger partial charge in [-0.15, -0.1) is 0 Å². The van der Waals surface area contributed by atoms with Crippen LogP contribution in [0.2, 0.25) is 0 Å². The third kappa shape index (κ3) is 3.82. The summed E-state index contributed by atoms with van der Waals surface area (Å²) >= 11 is 1.25. The van der Waals surface area contributed by atoms with Crippen LogP contribution in [0.25, 0.3) is 16.7 Å². The molecule has 0 radical (unpaired) electrons. The Kier molecular flexibility index (Phi) is 5.21. The summed E-state index contributed by atoms with van der Waals surface area (Å²) < 4.78 is 2.04. The summed E-state index contributed by atoms with van der Waals surface area (Å²) in [5.41, 5.74) is 6.60. The summed E-state index contributed by atoms with van der Waals surface area (Å²) in [6.07, 6.45) is 0. The molecular weight excluding hydrogens is 368 g/mol. The van der Waals surface area contributed by atoms with E-state index in [0.29, 0.717) is 10.2 Å². The molecule has 0 saturated carbocycles. The van der Waals surface area contributed by atoms with Crippen LogP contribution >= 0.6 is 11.8 Å². The van der Waals surface area contributed by atoms with Crippen LogP contribution in [0.1, 0.15) is 6.92 Å². The van der Waals surface area contributed by atoms with Gasteiger partial charge in [0.15, 0.2) is 16.0 Å². The SMILES string of the molecule is CC(=O)/C(=N\Nc1ccccc1)Sc1nc2ccccc2n1-c1ccccc1. The molecule has 5 nitrogen and oxygen atoms in total. The molecule has 0 unspecified atom stereocenters. The summed E-state index contributed by atoms with van der Waals surface area (Å²) in [4.78, 5) is 16.9. The highest BCUT2D eigenvalue weighted by Gasteiger charge is 2.17. The third-order valence-corrected chi connectivity index (χ3v) is 5.12. The number of para-hydroxylation sites is 4. The maximum Gasteiger partial charge on any atom is 0.186 e. The summed E-state index contributed by atoms with van der Waals surface area (Å²) in [6, 6.07) is 27.4. The minimum Gasteiger partial charge on any atom is -0.292 e. The molecule has 0 aliphatic carbocycles. The van der Waals surface area contributed by atoms with Crippen molar-refractivity contribution in [3.8, 4) is 5.69 Å². The van der Waals surface area contributed by atoms with Gasteiger partial charge in [0.25, 0.3) is 0 Å². The molecule has 138 valence electrons. The molecule has 1 N–H and O–H groups in total. The number of Topliss-reactive ketones (excluding diaryl/α,β-unsaturated/α-hetero) is 1. The minimum atomic E-state index is -0.125. The van der Waals surface area contributed by atoms with Gasteiger partial charge in [-0.05, 0) is 48.2 Å². The van der Waals surface area contributed by atoms with Crippen LogP contribution in [0.3, 0.4) is 0 Å². The molecule has 0 spiro atoms. The van der Waals surface area contributed by atoms with Gasteiger partial charge in [0.2, 0.25) is 0 Å². The van der Waals surface area contributed by atoms with Gasteiger partial charge in [-0.1, -0.05) is 48.5 Å². The minimum absolute atomic E-state index is 0.125. The lowest BCUT2D eigenvalue weighted by molar-refractivity contribution is -0.110. The van der Waals surface area contributed by atoms with Crippen molar-refractivity contribution in [2.24, 2.45) is 5.10 Å². The number of fused-ring (bicyclic) bond motifs is 1. The van der Waals surface area contributed by atoms with Crippen molar-refractivity contribution in [2.45, 2.75) is 12.1 Å². The van der Waals surface area contributed by atoms with Crippen molar-refractivity contribution >= 4 is 39.3 Å². The van der Waals surface area contributed by atoms with Gasteiger partial charge in [0.05, 0.1) is 16.7 Å². The van der Waals surface area contributed by atoms with Crippen molar-refractivity contribution < 1.29 is 4.79 Å². The molecule has 0 fully saturated rings. The first kappa shape index (κ1) is 18.0. The zero-order valence-corrected chi connectivity index (χ0v) is 16.1. The monoisotopic (exact) mass is 386 g/mol. The van der Waals surface area contributed by atoms with Crippen LogP contribution in [0, 0.1) is 0 Å². The van der Waals surface area contributed by atoms with Crippen LogP contribution in [-0.2, 0) is 4.79 Å². The summed E-state index contributed by atoms with van der Waals surface area (Å²) in [5, 5.41) is 5.36. The van der Waals surface area contributed by atoms with Crippen molar-refractivity contribution in [1.82, 2.24) is 9.55 Å². The van der Waals surface area contributed by atoms with Crippen LogP contribution in [0.5, 0.6) is 0 Å². The van der Waals surface area contributed by atoms with E-state index in [-0.39, 0.29) is 5.78 Å². The Morgan fingerprint density at radius 1 is 0.929 bits per heavy atom. The first-order valence-electron chi connectivity index (χ1n) is 8.83. The highest BCUT2D eigenvalue weighted by Crippen LogP contribution is 2.29. The van der Waals surface area contributed by atoms with E-state index in [1.165, 1.54) is 18.7 Å². The van der Waals surface area contributed by atoms with Crippen LogP contribution in [0.4, 0.5) is 5.69 Å². The Hall–Kier alpha value is -3.38. The predicted octanol–water partition coefficient (Wildman–Crippen LogP) is 5.13. The van der Waals surface area contributed by atoms with Gasteiger partial charge in [-0.2, -0.15) is 5.10 Å². The average Bonchev–Trinajstić information content (AvgIpc) is 3.10. The van der Waals surface area contributed by atoms with Crippen LogP contribution < -0.4 is 5.43 Å². The molecule has 3 aromatic carbocycles. The Bertz CT molecular complexity index is 1140. The number of rotatable bonds is 5. The molecule has 0 atom stereocenters. The molecule has 0 aliphatic heterocycles. The summed E-state index contributed by atoms with van der Waals surface area (Å²) in [6.45, 7) is 1.51. The topological polar surface area (TPSA) is 59.3 Å². The van der Waals surface area contributed by atoms with Crippen molar-refractivity contribution in [3.63, 3.8) is 0 Å². The van der Waals surface area contributed by atoms with E-state index in [2.05, 4.69) is 10.5 Å². The van der Waals surface area contributed by atoms with Gasteiger partial charge in [0.1, 0.15) is 0 Å². The summed E-state index contributed by atoms with van der Waals surface area (Å²) in [7, 11) is 0. The smallest absolute Gasteiger partial charge is 0.186 e. The number of benzene rings is 3. The number of anilines is 1. The van der Waals surface area contributed by atoms with Gasteiger partial charge >= 0.3 is 0 Å². The number of carbonyl (C=O) groups excluding carboxylic acids is 1. The largest absolute Gasteiger partial charge is 0.292 e. The number of carbonyl (C=O) groups is 1. The quantitative estimate of drug-likeness (QED) is 0.223. The molecule has 0 saturated heterocycles. The second-order valence-corrected chi connectivity index (χ2v) is 7.06. The fourth-order valence-electron chi connectivity index (χ4n) is 2.79. The Morgan fingerprint density at radius 2 is 1.57 bits per heavy atom. The highest BCUT2D eigenvalue weighted by atomic mass is 32.2. The second-order valence-electron chi connectivity index (χ2n) is 6.11. The zero-order chi connectivity index (χ0) is 19.3. The molecule has 1 heterocycles. The number of nitrogens with one attached hydrogen (secondary N) is 1. The number of imidazole rings is 1. The van der Waals surface area contributed by atoms with E-state index in [0.717, 1.165) is 22.4 Å². The fraction of sp³-hybridized carbons (Fsp3) is 0.0455. The van der Waals surface area contributed by atoms with E-state index in [1.807, 2.05) is 89.5 Å². The Labute approximate surface area is 167 Å². The Balaban J connectivity index is 1.74. The third-order valence-electron chi connectivity index (χ3n) is 4.09. The Morgan fingerprint density at radius 3 is 2.29 bits per heavy atom. The van der Waals surface area contributed by atoms with E-state index in [9.17, 15) is 4.79 Å². The average molecular weight is 386 g/mol. The van der Waals surface area contributed by atoms with Crippen molar-refractivity contribution in [2.75, 3.05) is 5.43 Å². The van der Waals surface area contributed by atoms with E-state index in [4.69, 9.17) is 4.98 Å². The normalized spacial score (nSPS) is 11.5. The van der Waals surface area contributed by atoms with E-state index in [1.54, 1.807) is 0 Å². The maximum absolute atomic E-state index is 12.2. The van der Waals surface area contributed by atoms with E-state index >= 15 is 0 Å². The molecule has 0 bridgehead atoms. The molecule has 1 aromatic heterocycles. The summed E-state index contributed by atoms with van der Waals surface area (Å²) in [5.74, 6) is -0.125. The molecule has 0 aliphatic rings. The second kappa shape index (κ2) is 8.10. The molecule has 0 amide bonds. The molecule has 4 rings (SSSR count). The highest BCUT2D eigenvalue weighted by molar-refractivity contribution is 8.15. The standard InChI is InChI=1S/C22H18N4OS/c1-16(27)21(25-24-17-10-4-2-5-11-17)28-22-23-19-14-8-9-15-20(19)26(22)18-12-6-3-7-13-18/h2-15,24H,1H3/b25-21+. The number of ketones is 1.